The third-order valence-electron chi connectivity index (χ3n) is 3.81. The molecule has 0 saturated heterocycles. The second-order valence-corrected chi connectivity index (χ2v) is 7.13. The molecular weight excluding hydrogens is 370 g/mol. The number of aromatic nitrogens is 2. The van der Waals surface area contributed by atoms with Crippen LogP contribution in [0.25, 0.3) is 0 Å². The molecule has 7 heteroatoms. The van der Waals surface area contributed by atoms with Crippen LogP contribution in [0.4, 0.5) is 5.69 Å². The normalized spacial score (nSPS) is 10.7. The first-order chi connectivity index (χ1) is 12.6. The van der Waals surface area contributed by atoms with Crippen molar-refractivity contribution in [3.05, 3.63) is 70.8 Å². The number of hydrogen-bond donors (Lipinski definition) is 1. The van der Waals surface area contributed by atoms with Crippen molar-refractivity contribution >= 4 is 35.0 Å². The fourth-order valence-electron chi connectivity index (χ4n) is 2.39. The van der Waals surface area contributed by atoms with Gasteiger partial charge in [-0.2, -0.15) is 0 Å². The number of anilines is 1. The number of aryl methyl sites for hydroxylation is 1. The Kier molecular flexibility index (Phi) is 6.30. The molecule has 0 aliphatic rings. The van der Waals surface area contributed by atoms with Crippen LogP contribution in [-0.4, -0.2) is 16.0 Å². The molecule has 0 unspecified atom stereocenters. The molecule has 3 aromatic rings. The number of pyridine rings is 1. The molecule has 0 fully saturated rings. The van der Waals surface area contributed by atoms with Gasteiger partial charge in [-0.15, -0.1) is 11.8 Å². The van der Waals surface area contributed by atoms with E-state index in [4.69, 9.17) is 16.1 Å². The fraction of sp³-hybridized carbons (Fsp3) is 0.211. The summed E-state index contributed by atoms with van der Waals surface area (Å²) >= 11 is 7.64. The highest BCUT2D eigenvalue weighted by atomic mass is 35.5. The zero-order chi connectivity index (χ0) is 18.4. The maximum atomic E-state index is 12.1. The minimum Gasteiger partial charge on any atom is -0.344 e. The summed E-state index contributed by atoms with van der Waals surface area (Å²) < 4.78 is 4.89. The topological polar surface area (TPSA) is 68.0 Å². The monoisotopic (exact) mass is 387 g/mol. The zero-order valence-electron chi connectivity index (χ0n) is 14.2. The van der Waals surface area contributed by atoms with Crippen LogP contribution in [-0.2, 0) is 17.0 Å². The highest BCUT2D eigenvalue weighted by Gasteiger charge is 2.12. The van der Waals surface area contributed by atoms with Gasteiger partial charge in [0.1, 0.15) is 0 Å². The Bertz CT molecular complexity index is 847. The number of benzene rings is 1. The van der Waals surface area contributed by atoms with Gasteiger partial charge in [-0.05, 0) is 60.8 Å². The lowest BCUT2D eigenvalue weighted by Crippen LogP contribution is -2.12. The first-order valence-corrected chi connectivity index (χ1v) is 9.50. The van der Waals surface area contributed by atoms with Gasteiger partial charge in [-0.25, -0.2) is 0 Å². The zero-order valence-corrected chi connectivity index (χ0v) is 15.8. The molecule has 2 aromatic heterocycles. The maximum Gasteiger partial charge on any atom is 0.229 e. The summed E-state index contributed by atoms with van der Waals surface area (Å²) in [6.07, 6.45) is 4.45. The van der Waals surface area contributed by atoms with E-state index in [1.165, 1.54) is 5.56 Å². The Morgan fingerprint density at radius 2 is 2.08 bits per heavy atom. The largest absolute Gasteiger partial charge is 0.344 e. The van der Waals surface area contributed by atoms with Crippen molar-refractivity contribution in [2.24, 2.45) is 0 Å². The molecule has 0 atom stereocenters. The van der Waals surface area contributed by atoms with E-state index < -0.39 is 0 Å². The summed E-state index contributed by atoms with van der Waals surface area (Å²) in [6.45, 7) is 1.81. The molecule has 0 radical (unpaired) electrons. The van der Waals surface area contributed by atoms with Gasteiger partial charge in [0.25, 0.3) is 0 Å². The van der Waals surface area contributed by atoms with Crippen LogP contribution in [0.15, 0.2) is 58.2 Å². The highest BCUT2D eigenvalue weighted by molar-refractivity contribution is 7.98. The van der Waals surface area contributed by atoms with E-state index in [2.05, 4.69) is 21.5 Å². The standard InChI is InChI=1S/C19H18ClN3O2S/c1-13-17(19(20)25-23-13)8-9-18(24)22-15-4-6-16(7-5-15)26-12-14-3-2-10-21-11-14/h2-7,10-11H,8-9,12H2,1H3,(H,22,24). The maximum absolute atomic E-state index is 12.1. The first kappa shape index (κ1) is 18.5. The number of amides is 1. The number of nitrogens with zero attached hydrogens (tertiary/aromatic N) is 2. The van der Waals surface area contributed by atoms with Crippen LogP contribution in [0.2, 0.25) is 5.22 Å². The minimum atomic E-state index is -0.0718. The van der Waals surface area contributed by atoms with Crippen molar-refractivity contribution in [3.8, 4) is 0 Å². The molecule has 0 aliphatic heterocycles. The van der Waals surface area contributed by atoms with Crippen LogP contribution in [0.3, 0.4) is 0 Å². The van der Waals surface area contributed by atoms with E-state index in [9.17, 15) is 4.79 Å². The highest BCUT2D eigenvalue weighted by Crippen LogP contribution is 2.24. The molecule has 1 aromatic carbocycles. The number of carbonyl (C=O) groups excluding carboxylic acids is 1. The lowest BCUT2D eigenvalue weighted by atomic mass is 10.1. The molecular formula is C19H18ClN3O2S. The predicted octanol–water partition coefficient (Wildman–Crippen LogP) is 4.90. The molecule has 26 heavy (non-hydrogen) atoms. The summed E-state index contributed by atoms with van der Waals surface area (Å²) in [5.41, 5.74) is 3.45. The van der Waals surface area contributed by atoms with Crippen molar-refractivity contribution in [1.29, 1.82) is 0 Å². The molecule has 1 amide bonds. The van der Waals surface area contributed by atoms with Gasteiger partial charge in [0, 0.05) is 40.7 Å². The first-order valence-electron chi connectivity index (χ1n) is 8.14. The molecule has 2 heterocycles. The van der Waals surface area contributed by atoms with Crippen LogP contribution in [0.5, 0.6) is 0 Å². The number of nitrogens with one attached hydrogen (secondary N) is 1. The quantitative estimate of drug-likeness (QED) is 0.584. The lowest BCUT2D eigenvalue weighted by molar-refractivity contribution is -0.116. The summed E-state index contributed by atoms with van der Waals surface area (Å²) in [7, 11) is 0. The van der Waals surface area contributed by atoms with Gasteiger partial charge in [0.15, 0.2) is 0 Å². The number of rotatable bonds is 7. The Morgan fingerprint density at radius 3 is 2.73 bits per heavy atom. The lowest BCUT2D eigenvalue weighted by Gasteiger charge is -2.07. The number of thioether (sulfide) groups is 1. The third kappa shape index (κ3) is 5.09. The minimum absolute atomic E-state index is 0.0718. The van der Waals surface area contributed by atoms with Gasteiger partial charge in [0.2, 0.25) is 11.1 Å². The van der Waals surface area contributed by atoms with Gasteiger partial charge in [-0.1, -0.05) is 11.2 Å². The van der Waals surface area contributed by atoms with Gasteiger partial charge in [-0.3, -0.25) is 9.78 Å². The smallest absolute Gasteiger partial charge is 0.229 e. The predicted molar refractivity (Wildman–Crippen MR) is 103 cm³/mol. The molecule has 0 bridgehead atoms. The number of hydrogen-bond acceptors (Lipinski definition) is 5. The van der Waals surface area contributed by atoms with Crippen molar-refractivity contribution in [1.82, 2.24) is 10.1 Å². The van der Waals surface area contributed by atoms with Gasteiger partial charge < -0.3 is 9.84 Å². The molecule has 3 rings (SSSR count). The Hall–Kier alpha value is -2.31. The van der Waals surface area contributed by atoms with Crippen LogP contribution < -0.4 is 5.32 Å². The SMILES string of the molecule is Cc1noc(Cl)c1CCC(=O)Nc1ccc(SCc2cccnc2)cc1. The van der Waals surface area contributed by atoms with E-state index in [-0.39, 0.29) is 11.1 Å². The van der Waals surface area contributed by atoms with Gasteiger partial charge in [0.05, 0.1) is 5.69 Å². The van der Waals surface area contributed by atoms with E-state index in [1.54, 1.807) is 18.0 Å². The Morgan fingerprint density at radius 1 is 1.27 bits per heavy atom. The summed E-state index contributed by atoms with van der Waals surface area (Å²) in [5, 5.41) is 6.93. The van der Waals surface area contributed by atoms with Crippen molar-refractivity contribution < 1.29 is 9.32 Å². The summed E-state index contributed by atoms with van der Waals surface area (Å²) in [6, 6.07) is 11.8. The second kappa shape index (κ2) is 8.87. The van der Waals surface area contributed by atoms with Crippen LogP contribution >= 0.6 is 23.4 Å². The van der Waals surface area contributed by atoms with E-state index >= 15 is 0 Å². The molecule has 0 saturated carbocycles. The van der Waals surface area contributed by atoms with Crippen LogP contribution in [0, 0.1) is 6.92 Å². The van der Waals surface area contributed by atoms with E-state index in [0.29, 0.717) is 12.8 Å². The average Bonchev–Trinajstić information content (AvgIpc) is 2.98. The fourth-order valence-corrected chi connectivity index (χ4v) is 3.49. The molecule has 0 spiro atoms. The van der Waals surface area contributed by atoms with E-state index in [0.717, 1.165) is 27.6 Å². The van der Waals surface area contributed by atoms with Crippen molar-refractivity contribution in [2.75, 3.05) is 5.32 Å². The number of carbonyl (C=O) groups is 1. The number of halogens is 1. The average molecular weight is 388 g/mol. The molecule has 1 N–H and O–H groups in total. The Balaban J connectivity index is 1.48. The van der Waals surface area contributed by atoms with Crippen LogP contribution in [0.1, 0.15) is 23.2 Å². The van der Waals surface area contributed by atoms with Gasteiger partial charge >= 0.3 is 0 Å². The van der Waals surface area contributed by atoms with E-state index in [1.807, 2.05) is 43.5 Å². The van der Waals surface area contributed by atoms with Crippen molar-refractivity contribution in [3.63, 3.8) is 0 Å². The summed E-state index contributed by atoms with van der Waals surface area (Å²) in [4.78, 5) is 17.4. The Labute approximate surface area is 161 Å². The molecule has 0 aliphatic carbocycles. The second-order valence-electron chi connectivity index (χ2n) is 5.74. The molecule has 5 nitrogen and oxygen atoms in total. The van der Waals surface area contributed by atoms with Crippen molar-refractivity contribution in [2.45, 2.75) is 30.4 Å². The summed E-state index contributed by atoms with van der Waals surface area (Å²) in [5.74, 6) is 0.788. The third-order valence-corrected chi connectivity index (χ3v) is 5.19. The molecule has 134 valence electrons.